The maximum atomic E-state index is 11.4. The fraction of sp³-hybridized carbons (Fsp3) is 0.417. The van der Waals surface area contributed by atoms with E-state index in [1.54, 1.807) is 12.3 Å². The molecule has 2 aliphatic rings. The predicted octanol–water partition coefficient (Wildman–Crippen LogP) is 2.05. The second kappa shape index (κ2) is 3.40. The van der Waals surface area contributed by atoms with Crippen LogP contribution in [0.15, 0.2) is 12.3 Å². The zero-order valence-electron chi connectivity index (χ0n) is 8.73. The minimum Gasteiger partial charge on any atom is -0.384 e. The molecule has 1 aromatic heterocycles. The average Bonchev–Trinajstić information content (AvgIpc) is 2.88. The summed E-state index contributed by atoms with van der Waals surface area (Å²) in [7, 11) is 0. The maximum Gasteiger partial charge on any atom is 0.365 e. The SMILES string of the molecule is O=C1OC(=O)c2ncc(C3CCCC3)cc21. The second-order valence-electron chi connectivity index (χ2n) is 4.32. The number of cyclic esters (lactones) is 2. The van der Waals surface area contributed by atoms with Crippen LogP contribution in [0.2, 0.25) is 0 Å². The molecule has 0 spiro atoms. The van der Waals surface area contributed by atoms with E-state index in [2.05, 4.69) is 9.72 Å². The van der Waals surface area contributed by atoms with Crippen molar-refractivity contribution in [1.82, 2.24) is 4.98 Å². The summed E-state index contributed by atoms with van der Waals surface area (Å²) in [6.45, 7) is 0. The Morgan fingerprint density at radius 2 is 1.94 bits per heavy atom. The third-order valence-electron chi connectivity index (χ3n) is 3.33. The summed E-state index contributed by atoms with van der Waals surface area (Å²) < 4.78 is 4.51. The molecule has 0 atom stereocenters. The predicted molar refractivity (Wildman–Crippen MR) is 55.2 cm³/mol. The van der Waals surface area contributed by atoms with Crippen molar-refractivity contribution in [3.05, 3.63) is 29.1 Å². The number of carbonyl (C=O) groups excluding carboxylic acids is 2. The first kappa shape index (κ1) is 9.51. The molecule has 3 rings (SSSR count). The number of hydrogen-bond acceptors (Lipinski definition) is 4. The minimum absolute atomic E-state index is 0.159. The highest BCUT2D eigenvalue weighted by Gasteiger charge is 2.32. The monoisotopic (exact) mass is 217 g/mol. The number of hydrogen-bond donors (Lipinski definition) is 0. The van der Waals surface area contributed by atoms with Crippen LogP contribution in [-0.2, 0) is 4.74 Å². The molecule has 0 N–H and O–H groups in total. The van der Waals surface area contributed by atoms with Crippen LogP contribution < -0.4 is 0 Å². The van der Waals surface area contributed by atoms with Crippen LogP contribution in [0.25, 0.3) is 0 Å². The molecule has 0 amide bonds. The van der Waals surface area contributed by atoms with Gasteiger partial charge in [0.1, 0.15) is 0 Å². The molecule has 0 radical (unpaired) electrons. The number of esters is 2. The van der Waals surface area contributed by atoms with Gasteiger partial charge >= 0.3 is 11.9 Å². The Balaban J connectivity index is 2.02. The number of ether oxygens (including phenoxy) is 1. The molecule has 1 fully saturated rings. The van der Waals surface area contributed by atoms with E-state index in [1.807, 2.05) is 0 Å². The third kappa shape index (κ3) is 1.33. The van der Waals surface area contributed by atoms with Crippen molar-refractivity contribution < 1.29 is 14.3 Å². The van der Waals surface area contributed by atoms with Crippen LogP contribution in [0.3, 0.4) is 0 Å². The summed E-state index contributed by atoms with van der Waals surface area (Å²) in [6.07, 6.45) is 6.44. The smallest absolute Gasteiger partial charge is 0.365 e. The number of carbonyl (C=O) groups is 2. The Morgan fingerprint density at radius 1 is 1.19 bits per heavy atom. The van der Waals surface area contributed by atoms with E-state index in [0.29, 0.717) is 11.5 Å². The summed E-state index contributed by atoms with van der Waals surface area (Å²) in [5, 5.41) is 0. The highest BCUT2D eigenvalue weighted by Crippen LogP contribution is 2.35. The number of rotatable bonds is 1. The van der Waals surface area contributed by atoms with Crippen molar-refractivity contribution in [2.45, 2.75) is 31.6 Å². The van der Waals surface area contributed by atoms with Gasteiger partial charge in [0.15, 0.2) is 5.69 Å². The van der Waals surface area contributed by atoms with E-state index in [0.717, 1.165) is 18.4 Å². The van der Waals surface area contributed by atoms with Crippen LogP contribution >= 0.6 is 0 Å². The summed E-state index contributed by atoms with van der Waals surface area (Å²) in [4.78, 5) is 26.6. The molecule has 0 bridgehead atoms. The van der Waals surface area contributed by atoms with Gasteiger partial charge in [-0.2, -0.15) is 0 Å². The van der Waals surface area contributed by atoms with E-state index in [4.69, 9.17) is 0 Å². The molecule has 16 heavy (non-hydrogen) atoms. The van der Waals surface area contributed by atoms with Gasteiger partial charge in [-0.25, -0.2) is 14.6 Å². The maximum absolute atomic E-state index is 11.4. The first-order valence-electron chi connectivity index (χ1n) is 5.52. The molecular formula is C12H11NO3. The van der Waals surface area contributed by atoms with Crippen LogP contribution in [0, 0.1) is 0 Å². The lowest BCUT2D eigenvalue weighted by molar-refractivity contribution is 0.0441. The molecule has 4 nitrogen and oxygen atoms in total. The summed E-state index contributed by atoms with van der Waals surface area (Å²) in [6, 6.07) is 1.77. The summed E-state index contributed by atoms with van der Waals surface area (Å²) in [5.41, 5.74) is 1.55. The molecule has 4 heteroatoms. The molecular weight excluding hydrogens is 206 g/mol. The van der Waals surface area contributed by atoms with Gasteiger partial charge in [-0.1, -0.05) is 12.8 Å². The molecule has 1 aromatic rings. The minimum atomic E-state index is -0.627. The number of fused-ring (bicyclic) bond motifs is 1. The fourth-order valence-electron chi connectivity index (χ4n) is 2.47. The zero-order chi connectivity index (χ0) is 11.1. The third-order valence-corrected chi connectivity index (χ3v) is 3.33. The fourth-order valence-corrected chi connectivity index (χ4v) is 2.47. The molecule has 0 saturated heterocycles. The number of aromatic nitrogens is 1. The lowest BCUT2D eigenvalue weighted by Crippen LogP contribution is -2.00. The standard InChI is InChI=1S/C12H11NO3/c14-11-9-5-8(7-3-1-2-4-7)6-13-10(9)12(15)16-11/h5-7H,1-4H2. The number of pyridine rings is 1. The van der Waals surface area contributed by atoms with Gasteiger partial charge in [-0.15, -0.1) is 0 Å². The Bertz CT molecular complexity index is 475. The summed E-state index contributed by atoms with van der Waals surface area (Å²) in [5.74, 6) is -0.702. The lowest BCUT2D eigenvalue weighted by Gasteiger charge is -2.08. The van der Waals surface area contributed by atoms with E-state index < -0.39 is 11.9 Å². The van der Waals surface area contributed by atoms with Gasteiger partial charge in [0.2, 0.25) is 0 Å². The van der Waals surface area contributed by atoms with E-state index in [1.165, 1.54) is 12.8 Å². The second-order valence-corrected chi connectivity index (χ2v) is 4.32. The van der Waals surface area contributed by atoms with Crippen molar-refractivity contribution in [3.63, 3.8) is 0 Å². The Kier molecular flexibility index (Phi) is 2.02. The zero-order valence-corrected chi connectivity index (χ0v) is 8.73. The Labute approximate surface area is 92.6 Å². The van der Waals surface area contributed by atoms with Crippen LogP contribution in [0.5, 0.6) is 0 Å². The van der Waals surface area contributed by atoms with E-state index in [9.17, 15) is 9.59 Å². The molecule has 2 heterocycles. The number of nitrogens with zero attached hydrogens (tertiary/aromatic N) is 1. The molecule has 1 aliphatic heterocycles. The molecule has 1 aliphatic carbocycles. The first-order valence-corrected chi connectivity index (χ1v) is 5.52. The lowest BCUT2D eigenvalue weighted by atomic mass is 9.97. The average molecular weight is 217 g/mol. The van der Waals surface area contributed by atoms with E-state index >= 15 is 0 Å². The van der Waals surface area contributed by atoms with E-state index in [-0.39, 0.29) is 5.69 Å². The van der Waals surface area contributed by atoms with Gasteiger partial charge in [-0.3, -0.25) is 0 Å². The molecule has 0 unspecified atom stereocenters. The normalized spacial score (nSPS) is 20.0. The van der Waals surface area contributed by atoms with Gasteiger partial charge in [0.25, 0.3) is 0 Å². The van der Waals surface area contributed by atoms with Gasteiger partial charge in [0, 0.05) is 6.20 Å². The summed E-state index contributed by atoms with van der Waals surface area (Å²) >= 11 is 0. The molecule has 0 aromatic carbocycles. The topological polar surface area (TPSA) is 56.3 Å². The van der Waals surface area contributed by atoms with Gasteiger partial charge in [0.05, 0.1) is 5.56 Å². The Hall–Kier alpha value is -1.71. The highest BCUT2D eigenvalue weighted by molar-refractivity contribution is 6.13. The van der Waals surface area contributed by atoms with Crippen molar-refractivity contribution in [2.75, 3.05) is 0 Å². The Morgan fingerprint density at radius 3 is 2.69 bits per heavy atom. The van der Waals surface area contributed by atoms with Gasteiger partial charge < -0.3 is 4.74 Å². The highest BCUT2D eigenvalue weighted by atomic mass is 16.6. The van der Waals surface area contributed by atoms with Crippen LogP contribution in [0.4, 0.5) is 0 Å². The van der Waals surface area contributed by atoms with Crippen LogP contribution in [0.1, 0.15) is 58.0 Å². The molecule has 82 valence electrons. The van der Waals surface area contributed by atoms with Crippen molar-refractivity contribution >= 4 is 11.9 Å². The van der Waals surface area contributed by atoms with Crippen LogP contribution in [-0.4, -0.2) is 16.9 Å². The molecule has 1 saturated carbocycles. The van der Waals surface area contributed by atoms with Crippen molar-refractivity contribution in [1.29, 1.82) is 0 Å². The van der Waals surface area contributed by atoms with Gasteiger partial charge in [-0.05, 0) is 30.4 Å². The van der Waals surface area contributed by atoms with Crippen molar-refractivity contribution in [3.8, 4) is 0 Å². The first-order chi connectivity index (χ1) is 7.75. The largest absolute Gasteiger partial charge is 0.384 e. The quantitative estimate of drug-likeness (QED) is 0.533. The van der Waals surface area contributed by atoms with Crippen molar-refractivity contribution in [2.24, 2.45) is 0 Å².